The van der Waals surface area contributed by atoms with Crippen molar-refractivity contribution < 1.29 is 14.3 Å². The van der Waals surface area contributed by atoms with Crippen LogP contribution in [0.25, 0.3) is 11.5 Å². The van der Waals surface area contributed by atoms with Crippen LogP contribution in [0.1, 0.15) is 36.2 Å². The lowest BCUT2D eigenvalue weighted by atomic mass is 10.0. The van der Waals surface area contributed by atoms with Crippen LogP contribution in [0.4, 0.5) is 0 Å². The molecule has 7 nitrogen and oxygen atoms in total. The number of hydrogen-bond acceptors (Lipinski definition) is 6. The van der Waals surface area contributed by atoms with Crippen molar-refractivity contribution in [1.29, 1.82) is 0 Å². The molecule has 130 valence electrons. The maximum absolute atomic E-state index is 11.7. The number of pyridine rings is 1. The van der Waals surface area contributed by atoms with Gasteiger partial charge in [0.15, 0.2) is 5.82 Å². The van der Waals surface area contributed by atoms with E-state index < -0.39 is 5.92 Å². The number of ether oxygens (including phenoxy) is 2. The Labute approximate surface area is 145 Å². The van der Waals surface area contributed by atoms with Crippen LogP contribution in [0.5, 0.6) is 5.75 Å². The maximum Gasteiger partial charge on any atom is 0.226 e. The second-order valence-corrected chi connectivity index (χ2v) is 6.49. The lowest BCUT2D eigenvalue weighted by Crippen LogP contribution is -2.38. The summed E-state index contributed by atoms with van der Waals surface area (Å²) in [6, 6.07) is 3.63. The molecule has 1 unspecified atom stereocenters. The molecule has 3 heterocycles. The number of aromatic nitrogens is 3. The largest absolute Gasteiger partial charge is 0.485 e. The van der Waals surface area contributed by atoms with Gasteiger partial charge in [-0.15, -0.1) is 0 Å². The highest BCUT2D eigenvalue weighted by molar-refractivity contribution is 5.81. The molecule has 2 aromatic heterocycles. The molecule has 7 heteroatoms. The molecule has 1 amide bonds. The molecule has 1 atom stereocenters. The minimum absolute atomic E-state index is 0.0848. The van der Waals surface area contributed by atoms with E-state index in [1.54, 1.807) is 13.1 Å². The minimum Gasteiger partial charge on any atom is -0.485 e. The summed E-state index contributed by atoms with van der Waals surface area (Å²) in [6.07, 6.45) is 4.56. The fourth-order valence-corrected chi connectivity index (χ4v) is 3.15. The predicted octanol–water partition coefficient (Wildman–Crippen LogP) is 1.39. The van der Waals surface area contributed by atoms with Gasteiger partial charge in [0.2, 0.25) is 5.91 Å². The van der Waals surface area contributed by atoms with Gasteiger partial charge in [0, 0.05) is 18.0 Å². The van der Waals surface area contributed by atoms with E-state index in [0.29, 0.717) is 30.5 Å². The highest BCUT2D eigenvalue weighted by Crippen LogP contribution is 2.30. The molecule has 1 fully saturated rings. The first kappa shape index (κ1) is 16.0. The van der Waals surface area contributed by atoms with Crippen LogP contribution >= 0.6 is 0 Å². The van der Waals surface area contributed by atoms with Gasteiger partial charge in [-0.1, -0.05) is 0 Å². The van der Waals surface area contributed by atoms with E-state index in [4.69, 9.17) is 15.2 Å². The molecule has 1 aliphatic heterocycles. The smallest absolute Gasteiger partial charge is 0.226 e. The normalized spacial score (nSPS) is 17.6. The van der Waals surface area contributed by atoms with Crippen LogP contribution < -0.4 is 10.5 Å². The molecule has 1 aliphatic carbocycles. The monoisotopic (exact) mass is 340 g/mol. The fourth-order valence-electron chi connectivity index (χ4n) is 3.15. The molecule has 0 saturated carbocycles. The van der Waals surface area contributed by atoms with Crippen molar-refractivity contribution in [3.63, 3.8) is 0 Å². The first-order valence-electron chi connectivity index (χ1n) is 8.51. The number of nitrogens with two attached hydrogens (primary N) is 1. The molecule has 0 aromatic carbocycles. The highest BCUT2D eigenvalue weighted by Gasteiger charge is 2.26. The zero-order valence-corrected chi connectivity index (χ0v) is 14.1. The van der Waals surface area contributed by atoms with Crippen molar-refractivity contribution >= 4 is 5.91 Å². The van der Waals surface area contributed by atoms with Crippen LogP contribution in [0, 0.1) is 0 Å². The number of hydrogen-bond donors (Lipinski definition) is 1. The van der Waals surface area contributed by atoms with Gasteiger partial charge >= 0.3 is 0 Å². The number of carbonyl (C=O) groups is 1. The molecule has 2 aliphatic rings. The Morgan fingerprint density at radius 2 is 2.20 bits per heavy atom. The second kappa shape index (κ2) is 6.40. The predicted molar refractivity (Wildman–Crippen MR) is 90.1 cm³/mol. The first-order chi connectivity index (χ1) is 12.1. The van der Waals surface area contributed by atoms with Crippen LogP contribution in [-0.4, -0.2) is 40.2 Å². The lowest BCUT2D eigenvalue weighted by Gasteiger charge is -2.26. The van der Waals surface area contributed by atoms with Gasteiger partial charge in [-0.2, -0.15) is 0 Å². The van der Waals surface area contributed by atoms with E-state index in [1.165, 1.54) is 0 Å². The number of fused-ring (bicyclic) bond motifs is 1. The van der Waals surface area contributed by atoms with Gasteiger partial charge in [0.05, 0.1) is 24.8 Å². The van der Waals surface area contributed by atoms with Crippen LogP contribution in [0.3, 0.4) is 0 Å². The SMILES string of the molecule is CC(C(N)=O)c1nc(-c2cc(OC3COC3)ccn2)nc2c1CCC2. The summed E-state index contributed by atoms with van der Waals surface area (Å²) >= 11 is 0. The molecular formula is C18H20N4O3. The zero-order chi connectivity index (χ0) is 17.4. The average Bonchev–Trinajstić information content (AvgIpc) is 3.05. The Morgan fingerprint density at radius 1 is 1.36 bits per heavy atom. The van der Waals surface area contributed by atoms with Crippen molar-refractivity contribution in [2.24, 2.45) is 5.73 Å². The number of nitrogens with zero attached hydrogens (tertiary/aromatic N) is 3. The van der Waals surface area contributed by atoms with Gasteiger partial charge in [0.1, 0.15) is 17.5 Å². The van der Waals surface area contributed by atoms with Crippen molar-refractivity contribution in [3.8, 4) is 17.3 Å². The van der Waals surface area contributed by atoms with Crippen LogP contribution in [0.15, 0.2) is 18.3 Å². The second-order valence-electron chi connectivity index (χ2n) is 6.49. The third-order valence-electron chi connectivity index (χ3n) is 4.67. The average molecular weight is 340 g/mol. The Balaban J connectivity index is 1.71. The molecule has 0 bridgehead atoms. The van der Waals surface area contributed by atoms with Crippen molar-refractivity contribution in [3.05, 3.63) is 35.3 Å². The van der Waals surface area contributed by atoms with Gasteiger partial charge in [-0.25, -0.2) is 9.97 Å². The summed E-state index contributed by atoms with van der Waals surface area (Å²) in [5, 5.41) is 0. The molecule has 0 radical (unpaired) electrons. The van der Waals surface area contributed by atoms with E-state index in [0.717, 1.165) is 36.2 Å². The molecule has 0 spiro atoms. The van der Waals surface area contributed by atoms with Gasteiger partial charge in [0.25, 0.3) is 0 Å². The molecule has 4 rings (SSSR count). The molecule has 1 saturated heterocycles. The van der Waals surface area contributed by atoms with E-state index >= 15 is 0 Å². The Hall–Kier alpha value is -2.54. The quantitative estimate of drug-likeness (QED) is 0.883. The van der Waals surface area contributed by atoms with E-state index in [2.05, 4.69) is 15.0 Å². The van der Waals surface area contributed by atoms with E-state index in [1.807, 2.05) is 12.1 Å². The number of primary amides is 1. The van der Waals surface area contributed by atoms with E-state index in [9.17, 15) is 4.79 Å². The van der Waals surface area contributed by atoms with Gasteiger partial charge in [-0.3, -0.25) is 9.78 Å². The third-order valence-corrected chi connectivity index (χ3v) is 4.67. The summed E-state index contributed by atoms with van der Waals surface area (Å²) in [4.78, 5) is 25.4. The maximum atomic E-state index is 11.7. The molecule has 25 heavy (non-hydrogen) atoms. The fraction of sp³-hybridized carbons (Fsp3) is 0.444. The first-order valence-corrected chi connectivity index (χ1v) is 8.51. The van der Waals surface area contributed by atoms with Gasteiger partial charge < -0.3 is 15.2 Å². The minimum atomic E-state index is -0.444. The summed E-state index contributed by atoms with van der Waals surface area (Å²) in [7, 11) is 0. The molecule has 2 aromatic rings. The third kappa shape index (κ3) is 3.07. The lowest BCUT2D eigenvalue weighted by molar-refractivity contribution is -0.119. The number of rotatable bonds is 5. The topological polar surface area (TPSA) is 100 Å². The zero-order valence-electron chi connectivity index (χ0n) is 14.1. The van der Waals surface area contributed by atoms with Gasteiger partial charge in [-0.05, 0) is 37.8 Å². The standard InChI is InChI=1S/C18H20N4O3/c1-10(17(19)23)16-13-3-2-4-14(13)21-18(22-16)15-7-11(5-6-20-15)25-12-8-24-9-12/h5-7,10,12H,2-4,8-9H2,1H3,(H2,19,23). The number of carbonyl (C=O) groups excluding carboxylic acids is 1. The van der Waals surface area contributed by atoms with Crippen LogP contribution in [-0.2, 0) is 22.4 Å². The summed E-state index contributed by atoms with van der Waals surface area (Å²) < 4.78 is 11.0. The number of amides is 1. The van der Waals surface area contributed by atoms with Crippen LogP contribution in [0.2, 0.25) is 0 Å². The molecular weight excluding hydrogens is 320 g/mol. The highest BCUT2D eigenvalue weighted by atomic mass is 16.6. The molecule has 2 N–H and O–H groups in total. The summed E-state index contributed by atoms with van der Waals surface area (Å²) in [6.45, 7) is 3.00. The summed E-state index contributed by atoms with van der Waals surface area (Å²) in [5.41, 5.74) is 8.92. The Kier molecular flexibility index (Phi) is 4.09. The van der Waals surface area contributed by atoms with Crippen molar-refractivity contribution in [2.75, 3.05) is 13.2 Å². The van der Waals surface area contributed by atoms with E-state index in [-0.39, 0.29) is 12.0 Å². The Morgan fingerprint density at radius 3 is 2.92 bits per heavy atom. The van der Waals surface area contributed by atoms with Crippen molar-refractivity contribution in [1.82, 2.24) is 15.0 Å². The number of aryl methyl sites for hydroxylation is 1. The Bertz CT molecular complexity index is 820. The van der Waals surface area contributed by atoms with Crippen molar-refractivity contribution in [2.45, 2.75) is 38.2 Å². The summed E-state index contributed by atoms with van der Waals surface area (Å²) in [5.74, 6) is 0.403.